The van der Waals surface area contributed by atoms with Crippen LogP contribution in [0.4, 0.5) is 5.69 Å². The molecule has 0 aliphatic rings. The van der Waals surface area contributed by atoms with Crippen LogP contribution in [0.15, 0.2) is 41.6 Å². The van der Waals surface area contributed by atoms with Crippen molar-refractivity contribution in [2.45, 2.75) is 32.0 Å². The maximum Gasteiger partial charge on any atom is 0.234 e. The van der Waals surface area contributed by atoms with Crippen molar-refractivity contribution < 1.29 is 19.0 Å². The van der Waals surface area contributed by atoms with E-state index in [1.165, 1.54) is 17.3 Å². The molecule has 1 amide bonds. The van der Waals surface area contributed by atoms with E-state index in [4.69, 9.17) is 14.2 Å². The first-order valence-electron chi connectivity index (χ1n) is 10.1. The number of amides is 1. The number of anilines is 1. The summed E-state index contributed by atoms with van der Waals surface area (Å²) < 4.78 is 18.5. The number of aromatic nitrogens is 3. The van der Waals surface area contributed by atoms with Crippen molar-refractivity contribution in [1.29, 1.82) is 0 Å². The second-order valence-electron chi connectivity index (χ2n) is 7.26. The van der Waals surface area contributed by atoms with Gasteiger partial charge in [-0.05, 0) is 50.1 Å². The molecule has 0 bridgehead atoms. The fraction of sp³-hybridized carbons (Fsp3) is 0.348. The molecular weight excluding hydrogens is 428 g/mol. The molecule has 2 aromatic carbocycles. The first kappa shape index (κ1) is 23.5. The van der Waals surface area contributed by atoms with Crippen LogP contribution in [0, 0.1) is 13.8 Å². The molecule has 32 heavy (non-hydrogen) atoms. The highest BCUT2D eigenvalue weighted by Crippen LogP contribution is 2.30. The van der Waals surface area contributed by atoms with Gasteiger partial charge in [0, 0.05) is 13.1 Å². The van der Waals surface area contributed by atoms with Gasteiger partial charge < -0.3 is 24.1 Å². The monoisotopic (exact) mass is 456 g/mol. The van der Waals surface area contributed by atoms with Crippen molar-refractivity contribution >= 4 is 23.4 Å². The quantitative estimate of drug-likeness (QED) is 0.480. The Labute approximate surface area is 192 Å². The molecule has 1 unspecified atom stereocenters. The van der Waals surface area contributed by atoms with Crippen molar-refractivity contribution in [3.8, 4) is 17.2 Å². The van der Waals surface area contributed by atoms with Gasteiger partial charge in [0.2, 0.25) is 5.91 Å². The van der Waals surface area contributed by atoms with Gasteiger partial charge in [0.15, 0.2) is 17.1 Å². The maximum absolute atomic E-state index is 12.5. The van der Waals surface area contributed by atoms with Crippen LogP contribution in [-0.4, -0.2) is 40.6 Å². The number of nitrogens with zero attached hydrogens (tertiary/aromatic N) is 3. The highest BCUT2D eigenvalue weighted by atomic mass is 32.2. The van der Waals surface area contributed by atoms with E-state index in [1.807, 2.05) is 37.6 Å². The van der Waals surface area contributed by atoms with Crippen LogP contribution in [-0.2, 0) is 11.8 Å². The Hall–Kier alpha value is -3.20. The molecule has 1 aromatic heterocycles. The smallest absolute Gasteiger partial charge is 0.234 e. The summed E-state index contributed by atoms with van der Waals surface area (Å²) in [4.78, 5) is 12.5. The molecule has 0 spiro atoms. The Bertz CT molecular complexity index is 1100. The molecule has 0 saturated carbocycles. The Kier molecular flexibility index (Phi) is 7.63. The normalized spacial score (nSPS) is 11.7. The molecule has 9 heteroatoms. The average Bonchev–Trinajstić information content (AvgIpc) is 3.15. The predicted octanol–water partition coefficient (Wildman–Crippen LogP) is 4.32. The van der Waals surface area contributed by atoms with Crippen LogP contribution in [0.3, 0.4) is 0 Å². The number of rotatable bonds is 9. The van der Waals surface area contributed by atoms with E-state index in [0.717, 1.165) is 11.3 Å². The third-order valence-electron chi connectivity index (χ3n) is 5.10. The number of carbonyl (C=O) groups is 1. The van der Waals surface area contributed by atoms with Crippen molar-refractivity contribution in [2.75, 3.05) is 25.3 Å². The van der Waals surface area contributed by atoms with Crippen LogP contribution < -0.4 is 19.5 Å². The van der Waals surface area contributed by atoms with Gasteiger partial charge in [-0.1, -0.05) is 23.9 Å². The summed E-state index contributed by atoms with van der Waals surface area (Å²) in [6, 6.07) is 11.2. The van der Waals surface area contributed by atoms with E-state index in [0.29, 0.717) is 28.2 Å². The second-order valence-corrected chi connectivity index (χ2v) is 8.20. The molecule has 0 radical (unpaired) electrons. The summed E-state index contributed by atoms with van der Waals surface area (Å²) in [5.41, 5.74) is 2.81. The SMILES string of the molecule is COc1ccc(OC)c(NC(=O)CSc2nnc(C(C)Oc3cccc(C)c3C)n2C)c1. The largest absolute Gasteiger partial charge is 0.497 e. The van der Waals surface area contributed by atoms with Crippen LogP contribution in [0.1, 0.15) is 30.0 Å². The first-order chi connectivity index (χ1) is 15.3. The second kappa shape index (κ2) is 10.4. The van der Waals surface area contributed by atoms with E-state index in [9.17, 15) is 4.79 Å². The van der Waals surface area contributed by atoms with E-state index >= 15 is 0 Å². The molecular formula is C23H28N4O4S. The van der Waals surface area contributed by atoms with Crippen LogP contribution in [0.25, 0.3) is 0 Å². The third-order valence-corrected chi connectivity index (χ3v) is 6.12. The zero-order valence-electron chi connectivity index (χ0n) is 19.1. The fourth-order valence-electron chi connectivity index (χ4n) is 3.13. The lowest BCUT2D eigenvalue weighted by atomic mass is 10.1. The van der Waals surface area contributed by atoms with Gasteiger partial charge in [-0.15, -0.1) is 10.2 Å². The standard InChI is InChI=1S/C23H28N4O4S/c1-14-8-7-9-19(15(14)2)31-16(3)22-25-26-23(27(22)4)32-13-21(28)24-18-12-17(29-5)10-11-20(18)30-6/h7-12,16H,13H2,1-6H3,(H,24,28). The molecule has 0 aliphatic carbocycles. The fourth-order valence-corrected chi connectivity index (χ4v) is 3.85. The van der Waals surface area contributed by atoms with Gasteiger partial charge in [0.05, 0.1) is 25.7 Å². The highest BCUT2D eigenvalue weighted by Gasteiger charge is 2.19. The van der Waals surface area contributed by atoms with Crippen LogP contribution in [0.5, 0.6) is 17.2 Å². The van der Waals surface area contributed by atoms with Crippen LogP contribution >= 0.6 is 11.8 Å². The minimum atomic E-state index is -0.294. The lowest BCUT2D eigenvalue weighted by Gasteiger charge is -2.17. The minimum Gasteiger partial charge on any atom is -0.497 e. The topological polar surface area (TPSA) is 87.5 Å². The summed E-state index contributed by atoms with van der Waals surface area (Å²) in [6.45, 7) is 6.02. The molecule has 3 rings (SSSR count). The van der Waals surface area contributed by atoms with E-state index in [1.54, 1.807) is 32.4 Å². The number of nitrogens with one attached hydrogen (secondary N) is 1. The van der Waals surface area contributed by atoms with Gasteiger partial charge in [0.1, 0.15) is 17.2 Å². The van der Waals surface area contributed by atoms with Gasteiger partial charge in [-0.25, -0.2) is 0 Å². The molecule has 3 aromatic rings. The predicted molar refractivity (Wildman–Crippen MR) is 125 cm³/mol. The molecule has 0 fully saturated rings. The van der Waals surface area contributed by atoms with Gasteiger partial charge in [0.25, 0.3) is 0 Å². The molecule has 1 N–H and O–H groups in total. The van der Waals surface area contributed by atoms with Crippen molar-refractivity contribution in [3.63, 3.8) is 0 Å². The summed E-state index contributed by atoms with van der Waals surface area (Å²) in [6.07, 6.45) is -0.294. The zero-order valence-corrected chi connectivity index (χ0v) is 19.9. The Morgan fingerprint density at radius 1 is 1.12 bits per heavy atom. The van der Waals surface area contributed by atoms with Gasteiger partial charge >= 0.3 is 0 Å². The zero-order chi connectivity index (χ0) is 23.3. The minimum absolute atomic E-state index is 0.165. The Morgan fingerprint density at radius 3 is 2.62 bits per heavy atom. The lowest BCUT2D eigenvalue weighted by molar-refractivity contribution is -0.113. The number of thioether (sulfide) groups is 1. The number of aryl methyl sites for hydroxylation is 1. The number of methoxy groups -OCH3 is 2. The molecule has 1 heterocycles. The lowest BCUT2D eigenvalue weighted by Crippen LogP contribution is -2.15. The van der Waals surface area contributed by atoms with Crippen molar-refractivity contribution in [3.05, 3.63) is 53.3 Å². The van der Waals surface area contributed by atoms with Gasteiger partial charge in [-0.2, -0.15) is 0 Å². The number of hydrogen-bond donors (Lipinski definition) is 1. The number of carbonyl (C=O) groups excluding carboxylic acids is 1. The van der Waals surface area contributed by atoms with Crippen molar-refractivity contribution in [1.82, 2.24) is 14.8 Å². The Balaban J connectivity index is 1.63. The molecule has 170 valence electrons. The molecule has 0 aliphatic heterocycles. The van der Waals surface area contributed by atoms with E-state index < -0.39 is 0 Å². The number of hydrogen-bond acceptors (Lipinski definition) is 7. The molecule has 0 saturated heterocycles. The highest BCUT2D eigenvalue weighted by molar-refractivity contribution is 7.99. The average molecular weight is 457 g/mol. The van der Waals surface area contributed by atoms with Crippen molar-refractivity contribution in [2.24, 2.45) is 7.05 Å². The maximum atomic E-state index is 12.5. The van der Waals surface area contributed by atoms with E-state index in [-0.39, 0.29) is 17.8 Å². The first-order valence-corrected chi connectivity index (χ1v) is 11.1. The number of ether oxygens (including phenoxy) is 3. The summed E-state index contributed by atoms with van der Waals surface area (Å²) >= 11 is 1.30. The van der Waals surface area contributed by atoms with Gasteiger partial charge in [-0.3, -0.25) is 4.79 Å². The number of benzene rings is 2. The molecule has 8 nitrogen and oxygen atoms in total. The summed E-state index contributed by atoms with van der Waals surface area (Å²) in [5.74, 6) is 2.67. The van der Waals surface area contributed by atoms with E-state index in [2.05, 4.69) is 28.5 Å². The van der Waals surface area contributed by atoms with Crippen LogP contribution in [0.2, 0.25) is 0 Å². The summed E-state index contributed by atoms with van der Waals surface area (Å²) in [7, 11) is 4.98. The summed E-state index contributed by atoms with van der Waals surface area (Å²) in [5, 5.41) is 12.0. The third kappa shape index (κ3) is 5.34. The molecule has 1 atom stereocenters. The Morgan fingerprint density at radius 2 is 1.91 bits per heavy atom.